The van der Waals surface area contributed by atoms with Crippen molar-refractivity contribution in [1.82, 2.24) is 0 Å². The second-order valence-electron chi connectivity index (χ2n) is 3.93. The third-order valence-corrected chi connectivity index (χ3v) is 3.25. The van der Waals surface area contributed by atoms with Gasteiger partial charge in [0.15, 0.2) is 0 Å². The number of hydrogen-bond donors (Lipinski definition) is 0. The first-order valence-corrected chi connectivity index (χ1v) is 4.62. The highest BCUT2D eigenvalue weighted by atomic mass is 16.5. The van der Waals surface area contributed by atoms with Crippen LogP contribution in [0.1, 0.15) is 19.8 Å². The first-order chi connectivity index (χ1) is 6.20. The van der Waals surface area contributed by atoms with Crippen LogP contribution in [0.2, 0.25) is 0 Å². The van der Waals surface area contributed by atoms with Crippen molar-refractivity contribution in [2.45, 2.75) is 19.8 Å². The van der Waals surface area contributed by atoms with Crippen molar-refractivity contribution in [3.63, 3.8) is 0 Å². The van der Waals surface area contributed by atoms with E-state index >= 15 is 0 Å². The lowest BCUT2D eigenvalue weighted by Crippen LogP contribution is -2.32. The lowest BCUT2D eigenvalue weighted by molar-refractivity contribution is -0.115. The van der Waals surface area contributed by atoms with Crippen LogP contribution in [0.5, 0.6) is 0 Å². The highest BCUT2D eigenvalue weighted by molar-refractivity contribution is 5.74. The van der Waals surface area contributed by atoms with E-state index < -0.39 is 0 Å². The smallest absolute Gasteiger partial charge is 0.134 e. The van der Waals surface area contributed by atoms with Gasteiger partial charge in [-0.2, -0.15) is 0 Å². The van der Waals surface area contributed by atoms with Crippen LogP contribution in [0.3, 0.4) is 0 Å². The van der Waals surface area contributed by atoms with Gasteiger partial charge in [-0.05, 0) is 25.3 Å². The molecule has 0 saturated carbocycles. The van der Waals surface area contributed by atoms with E-state index in [0.29, 0.717) is 13.2 Å². The maximum absolute atomic E-state index is 11.2. The molecular weight excluding hydrogens is 164 g/mol. The molecule has 0 radical (unpaired) electrons. The Kier molecular flexibility index (Phi) is 1.88. The third-order valence-electron chi connectivity index (χ3n) is 3.25. The predicted molar refractivity (Wildman–Crippen MR) is 50.4 cm³/mol. The summed E-state index contributed by atoms with van der Waals surface area (Å²) in [6, 6.07) is 0. The van der Waals surface area contributed by atoms with Crippen LogP contribution in [0.15, 0.2) is 23.3 Å². The first kappa shape index (κ1) is 8.70. The first-order valence-electron chi connectivity index (χ1n) is 4.62. The Morgan fingerprint density at radius 1 is 1.62 bits per heavy atom. The molecule has 1 atom stereocenters. The Morgan fingerprint density at radius 2 is 2.38 bits per heavy atom. The molecule has 2 heteroatoms. The van der Waals surface area contributed by atoms with Gasteiger partial charge in [0.1, 0.15) is 6.29 Å². The Bertz CT molecular complexity index is 301. The van der Waals surface area contributed by atoms with Crippen molar-refractivity contribution in [3.8, 4) is 0 Å². The number of hydrogen-bond acceptors (Lipinski definition) is 2. The van der Waals surface area contributed by atoms with E-state index in [9.17, 15) is 4.79 Å². The fraction of sp³-hybridized carbons (Fsp3) is 0.545. The molecule has 0 bridgehead atoms. The molecule has 1 aliphatic carbocycles. The molecule has 2 rings (SSSR count). The van der Waals surface area contributed by atoms with Gasteiger partial charge in [-0.25, -0.2) is 0 Å². The average Bonchev–Trinajstić information content (AvgIpc) is 2.41. The molecule has 2 aliphatic rings. The zero-order valence-electron chi connectivity index (χ0n) is 7.93. The molecule has 0 aromatic carbocycles. The summed E-state index contributed by atoms with van der Waals surface area (Å²) in [5.74, 6) is 0. The number of rotatable bonds is 1. The number of carbonyl (C=O) groups is 1. The molecule has 70 valence electrons. The number of allylic oxidation sites excluding steroid dienone is 2. The largest absolute Gasteiger partial charge is 0.377 e. The molecular formula is C11H14O2. The Balaban J connectivity index is 2.47. The van der Waals surface area contributed by atoms with Gasteiger partial charge in [-0.3, -0.25) is 0 Å². The summed E-state index contributed by atoms with van der Waals surface area (Å²) in [6.45, 7) is 7.36. The predicted octanol–water partition coefficient (Wildman–Crippen LogP) is 1.87. The molecule has 1 unspecified atom stereocenters. The van der Waals surface area contributed by atoms with Crippen molar-refractivity contribution >= 4 is 6.29 Å². The van der Waals surface area contributed by atoms with Gasteiger partial charge in [0.2, 0.25) is 0 Å². The van der Waals surface area contributed by atoms with Gasteiger partial charge in [-0.15, -0.1) is 0 Å². The highest BCUT2D eigenvalue weighted by Gasteiger charge is 2.44. The summed E-state index contributed by atoms with van der Waals surface area (Å²) < 4.78 is 5.37. The highest BCUT2D eigenvalue weighted by Crippen LogP contribution is 2.49. The molecule has 1 saturated heterocycles. The van der Waals surface area contributed by atoms with Crippen LogP contribution in [0.25, 0.3) is 0 Å². The molecule has 1 fully saturated rings. The summed E-state index contributed by atoms with van der Waals surface area (Å²) in [5.41, 5.74) is 3.14. The third kappa shape index (κ3) is 1.02. The van der Waals surface area contributed by atoms with Gasteiger partial charge in [0.05, 0.1) is 12.0 Å². The summed E-state index contributed by atoms with van der Waals surface area (Å²) in [6.07, 6.45) is 2.71. The number of carbonyl (C=O) groups excluding carboxylic acids is 1. The molecule has 0 aromatic heterocycles. The lowest BCUT2D eigenvalue weighted by Gasteiger charge is -2.32. The van der Waals surface area contributed by atoms with E-state index in [0.717, 1.165) is 24.7 Å². The molecule has 0 amide bonds. The standard InChI is InChI=1S/C11H14O2/c1-8-5-9(2)11(7-12)3-4-13-6-10(8)11/h7H,2-6H2,1H3. The summed E-state index contributed by atoms with van der Waals surface area (Å²) in [4.78, 5) is 11.2. The topological polar surface area (TPSA) is 26.3 Å². The van der Waals surface area contributed by atoms with Crippen molar-refractivity contribution in [2.75, 3.05) is 13.2 Å². The van der Waals surface area contributed by atoms with Crippen molar-refractivity contribution in [2.24, 2.45) is 5.41 Å². The maximum atomic E-state index is 11.2. The zero-order valence-corrected chi connectivity index (χ0v) is 7.93. The molecule has 0 aromatic rings. The van der Waals surface area contributed by atoms with E-state index in [1.807, 2.05) is 0 Å². The van der Waals surface area contributed by atoms with E-state index in [1.54, 1.807) is 0 Å². The van der Waals surface area contributed by atoms with Crippen LogP contribution in [-0.4, -0.2) is 19.5 Å². The summed E-state index contributed by atoms with van der Waals surface area (Å²) >= 11 is 0. The molecule has 1 heterocycles. The normalized spacial score (nSPS) is 33.5. The fourth-order valence-electron chi connectivity index (χ4n) is 2.38. The summed E-state index contributed by atoms with van der Waals surface area (Å²) in [5, 5.41) is 0. The minimum atomic E-state index is -0.359. The van der Waals surface area contributed by atoms with E-state index in [-0.39, 0.29) is 5.41 Å². The van der Waals surface area contributed by atoms with Crippen LogP contribution in [-0.2, 0) is 9.53 Å². The molecule has 0 spiro atoms. The van der Waals surface area contributed by atoms with Gasteiger partial charge in [-0.1, -0.05) is 17.7 Å². The average molecular weight is 178 g/mol. The van der Waals surface area contributed by atoms with E-state index in [2.05, 4.69) is 13.5 Å². The van der Waals surface area contributed by atoms with Crippen LogP contribution >= 0.6 is 0 Å². The SMILES string of the molecule is C=C1CC(C)=C2COCCC12C=O. The van der Waals surface area contributed by atoms with Gasteiger partial charge in [0, 0.05) is 6.61 Å². The van der Waals surface area contributed by atoms with Crippen LogP contribution in [0.4, 0.5) is 0 Å². The molecule has 1 aliphatic heterocycles. The quantitative estimate of drug-likeness (QED) is 0.452. The fourth-order valence-corrected chi connectivity index (χ4v) is 2.38. The minimum absolute atomic E-state index is 0.359. The van der Waals surface area contributed by atoms with E-state index in [1.165, 1.54) is 11.1 Å². The second kappa shape index (κ2) is 2.81. The number of fused-ring (bicyclic) bond motifs is 1. The van der Waals surface area contributed by atoms with Gasteiger partial charge >= 0.3 is 0 Å². The van der Waals surface area contributed by atoms with Crippen LogP contribution in [0, 0.1) is 5.41 Å². The minimum Gasteiger partial charge on any atom is -0.377 e. The molecule has 0 N–H and O–H groups in total. The maximum Gasteiger partial charge on any atom is 0.134 e. The number of aldehydes is 1. The van der Waals surface area contributed by atoms with Gasteiger partial charge in [0.25, 0.3) is 0 Å². The summed E-state index contributed by atoms with van der Waals surface area (Å²) in [7, 11) is 0. The Hall–Kier alpha value is -0.890. The lowest BCUT2D eigenvalue weighted by atomic mass is 9.76. The Morgan fingerprint density at radius 3 is 3.00 bits per heavy atom. The Labute approximate surface area is 78.3 Å². The molecule has 13 heavy (non-hydrogen) atoms. The van der Waals surface area contributed by atoms with Crippen molar-refractivity contribution in [1.29, 1.82) is 0 Å². The number of ether oxygens (including phenoxy) is 1. The van der Waals surface area contributed by atoms with E-state index in [4.69, 9.17) is 4.74 Å². The van der Waals surface area contributed by atoms with Crippen molar-refractivity contribution < 1.29 is 9.53 Å². The van der Waals surface area contributed by atoms with Crippen LogP contribution < -0.4 is 0 Å². The zero-order chi connectivity index (χ0) is 9.47. The molecule has 2 nitrogen and oxygen atoms in total. The van der Waals surface area contributed by atoms with Crippen molar-refractivity contribution in [3.05, 3.63) is 23.3 Å². The second-order valence-corrected chi connectivity index (χ2v) is 3.93. The monoisotopic (exact) mass is 178 g/mol. The van der Waals surface area contributed by atoms with Gasteiger partial charge < -0.3 is 9.53 Å².